The van der Waals surface area contributed by atoms with Gasteiger partial charge in [0.05, 0.1) is 0 Å². The summed E-state index contributed by atoms with van der Waals surface area (Å²) in [6, 6.07) is 0.653. The van der Waals surface area contributed by atoms with E-state index in [9.17, 15) is 5.11 Å². The lowest BCUT2D eigenvalue weighted by molar-refractivity contribution is 0.142. The molecule has 0 spiro atoms. The first-order valence-electron chi connectivity index (χ1n) is 7.84. The Labute approximate surface area is 124 Å². The van der Waals surface area contributed by atoms with E-state index in [0.29, 0.717) is 29.2 Å². The molecule has 1 aliphatic rings. The van der Waals surface area contributed by atoms with Gasteiger partial charge in [-0.2, -0.15) is 11.8 Å². The zero-order valence-corrected chi connectivity index (χ0v) is 14.2. The molecule has 4 unspecified atom stereocenters. The zero-order chi connectivity index (χ0) is 14.5. The Morgan fingerprint density at radius 2 is 2.05 bits per heavy atom. The van der Waals surface area contributed by atoms with Gasteiger partial charge in [0.25, 0.3) is 0 Å². The van der Waals surface area contributed by atoms with Gasteiger partial charge in [0, 0.05) is 17.9 Å². The van der Waals surface area contributed by atoms with Crippen LogP contribution in [0.1, 0.15) is 53.4 Å². The first-order chi connectivity index (χ1) is 8.94. The second kappa shape index (κ2) is 7.90. The second-order valence-corrected chi connectivity index (χ2v) is 8.18. The maximum absolute atomic E-state index is 9.18. The third-order valence-corrected chi connectivity index (χ3v) is 6.80. The molecule has 0 amide bonds. The first-order valence-corrected chi connectivity index (χ1v) is 8.89. The van der Waals surface area contributed by atoms with Crippen LogP contribution in [0.4, 0.5) is 0 Å². The van der Waals surface area contributed by atoms with E-state index in [4.69, 9.17) is 0 Å². The summed E-state index contributed by atoms with van der Waals surface area (Å²) in [6.07, 6.45) is 5.26. The standard InChI is InChI=1S/C16H33NOS/c1-6-16(3,4)13-7-8-14(17-5)15(9-13)19-11-12(2)10-18/h12-15,17-18H,6-11H2,1-5H3. The van der Waals surface area contributed by atoms with Gasteiger partial charge in [-0.25, -0.2) is 0 Å². The van der Waals surface area contributed by atoms with Gasteiger partial charge in [0.2, 0.25) is 0 Å². The molecule has 0 aromatic carbocycles. The lowest BCUT2D eigenvalue weighted by atomic mass is 9.68. The smallest absolute Gasteiger partial charge is 0.0464 e. The quantitative estimate of drug-likeness (QED) is 0.751. The van der Waals surface area contributed by atoms with Crippen LogP contribution in [0.5, 0.6) is 0 Å². The fourth-order valence-corrected chi connectivity index (χ4v) is 4.54. The van der Waals surface area contributed by atoms with Gasteiger partial charge < -0.3 is 10.4 Å². The van der Waals surface area contributed by atoms with Crippen molar-refractivity contribution in [1.29, 1.82) is 0 Å². The van der Waals surface area contributed by atoms with Gasteiger partial charge in [-0.1, -0.05) is 34.1 Å². The Bertz CT molecular complexity index is 257. The minimum absolute atomic E-state index is 0.313. The highest BCUT2D eigenvalue weighted by atomic mass is 32.2. The average Bonchev–Trinajstić information content (AvgIpc) is 2.44. The highest BCUT2D eigenvalue weighted by Gasteiger charge is 2.36. The molecule has 2 N–H and O–H groups in total. The summed E-state index contributed by atoms with van der Waals surface area (Å²) in [6.45, 7) is 9.62. The molecule has 1 aliphatic carbocycles. The molecule has 19 heavy (non-hydrogen) atoms. The Hall–Kier alpha value is 0.270. The van der Waals surface area contributed by atoms with E-state index in [1.54, 1.807) is 0 Å². The van der Waals surface area contributed by atoms with Crippen LogP contribution in [-0.4, -0.2) is 35.8 Å². The molecule has 3 heteroatoms. The number of aliphatic hydroxyl groups is 1. The molecule has 2 nitrogen and oxygen atoms in total. The summed E-state index contributed by atoms with van der Waals surface area (Å²) >= 11 is 2.07. The summed E-state index contributed by atoms with van der Waals surface area (Å²) in [7, 11) is 2.10. The first kappa shape index (κ1) is 17.3. The molecule has 0 aromatic heterocycles. The Kier molecular flexibility index (Phi) is 7.20. The summed E-state index contributed by atoms with van der Waals surface area (Å²) in [5.41, 5.74) is 0.472. The Morgan fingerprint density at radius 3 is 2.58 bits per heavy atom. The van der Waals surface area contributed by atoms with Crippen LogP contribution in [0.25, 0.3) is 0 Å². The summed E-state index contributed by atoms with van der Waals surface area (Å²) in [5, 5.41) is 13.4. The Balaban J connectivity index is 2.58. The van der Waals surface area contributed by atoms with Crippen molar-refractivity contribution in [2.45, 2.75) is 64.7 Å². The van der Waals surface area contributed by atoms with E-state index < -0.39 is 0 Å². The molecule has 4 atom stereocenters. The summed E-state index contributed by atoms with van der Waals surface area (Å²) in [4.78, 5) is 0. The maximum atomic E-state index is 9.18. The van der Waals surface area contributed by atoms with Crippen molar-refractivity contribution in [3.8, 4) is 0 Å². The van der Waals surface area contributed by atoms with E-state index in [1.807, 2.05) is 0 Å². The third kappa shape index (κ3) is 4.95. The van der Waals surface area contributed by atoms with Crippen LogP contribution in [0.15, 0.2) is 0 Å². The predicted molar refractivity (Wildman–Crippen MR) is 86.8 cm³/mol. The van der Waals surface area contributed by atoms with Crippen molar-refractivity contribution in [3.63, 3.8) is 0 Å². The fraction of sp³-hybridized carbons (Fsp3) is 1.00. The van der Waals surface area contributed by atoms with Gasteiger partial charge in [-0.05, 0) is 49.3 Å². The highest BCUT2D eigenvalue weighted by Crippen LogP contribution is 2.43. The van der Waals surface area contributed by atoms with Crippen molar-refractivity contribution in [2.75, 3.05) is 19.4 Å². The Morgan fingerprint density at radius 1 is 1.37 bits per heavy atom. The van der Waals surface area contributed by atoms with Crippen LogP contribution >= 0.6 is 11.8 Å². The topological polar surface area (TPSA) is 32.3 Å². The van der Waals surface area contributed by atoms with Gasteiger partial charge in [0.15, 0.2) is 0 Å². The van der Waals surface area contributed by atoms with E-state index in [0.717, 1.165) is 11.7 Å². The highest BCUT2D eigenvalue weighted by molar-refractivity contribution is 7.99. The van der Waals surface area contributed by atoms with Gasteiger partial charge >= 0.3 is 0 Å². The average molecular weight is 288 g/mol. The second-order valence-electron chi connectivity index (χ2n) is 6.91. The van der Waals surface area contributed by atoms with Gasteiger partial charge in [0.1, 0.15) is 0 Å². The van der Waals surface area contributed by atoms with Crippen LogP contribution in [-0.2, 0) is 0 Å². The molecule has 0 radical (unpaired) electrons. The van der Waals surface area contributed by atoms with Crippen molar-refractivity contribution in [1.82, 2.24) is 5.32 Å². The van der Waals surface area contributed by atoms with E-state index in [2.05, 4.69) is 51.8 Å². The minimum Gasteiger partial charge on any atom is -0.396 e. The number of nitrogens with one attached hydrogen (secondary N) is 1. The molecule has 1 fully saturated rings. The minimum atomic E-state index is 0.313. The lowest BCUT2D eigenvalue weighted by Crippen LogP contribution is -2.44. The van der Waals surface area contributed by atoms with Crippen molar-refractivity contribution < 1.29 is 5.11 Å². The van der Waals surface area contributed by atoms with Gasteiger partial charge in [-0.15, -0.1) is 0 Å². The van der Waals surface area contributed by atoms with Gasteiger partial charge in [-0.3, -0.25) is 0 Å². The van der Waals surface area contributed by atoms with Crippen LogP contribution < -0.4 is 5.32 Å². The monoisotopic (exact) mass is 287 g/mol. The number of hydrogen-bond acceptors (Lipinski definition) is 3. The fourth-order valence-electron chi connectivity index (χ4n) is 2.98. The largest absolute Gasteiger partial charge is 0.396 e. The van der Waals surface area contributed by atoms with Crippen LogP contribution in [0.2, 0.25) is 0 Å². The molecule has 114 valence electrons. The number of thioether (sulfide) groups is 1. The SMILES string of the molecule is CCC(C)(C)C1CCC(NC)C(SCC(C)CO)C1. The number of aliphatic hydroxyl groups excluding tert-OH is 1. The maximum Gasteiger partial charge on any atom is 0.0464 e. The van der Waals surface area contributed by atoms with E-state index in [1.165, 1.54) is 25.7 Å². The molecular formula is C16H33NOS. The van der Waals surface area contributed by atoms with E-state index in [-0.39, 0.29) is 0 Å². The predicted octanol–water partition coefficient (Wildman–Crippen LogP) is 3.54. The molecule has 0 bridgehead atoms. The number of hydrogen-bond donors (Lipinski definition) is 2. The number of rotatable bonds is 7. The lowest BCUT2D eigenvalue weighted by Gasteiger charge is -2.43. The molecule has 0 heterocycles. The van der Waals surface area contributed by atoms with Crippen LogP contribution in [0.3, 0.4) is 0 Å². The molecular weight excluding hydrogens is 254 g/mol. The molecule has 0 saturated heterocycles. The normalized spacial score (nSPS) is 30.3. The third-order valence-electron chi connectivity index (χ3n) is 5.09. The molecule has 0 aromatic rings. The molecule has 1 saturated carbocycles. The van der Waals surface area contributed by atoms with Crippen molar-refractivity contribution in [2.24, 2.45) is 17.3 Å². The van der Waals surface area contributed by atoms with Crippen molar-refractivity contribution >= 4 is 11.8 Å². The van der Waals surface area contributed by atoms with Crippen molar-refractivity contribution in [3.05, 3.63) is 0 Å². The summed E-state index contributed by atoms with van der Waals surface area (Å²) < 4.78 is 0. The summed E-state index contributed by atoms with van der Waals surface area (Å²) in [5.74, 6) is 2.35. The van der Waals surface area contributed by atoms with E-state index >= 15 is 0 Å². The van der Waals surface area contributed by atoms with Crippen LogP contribution in [0, 0.1) is 17.3 Å². The molecule has 1 rings (SSSR count). The molecule has 0 aliphatic heterocycles. The zero-order valence-electron chi connectivity index (χ0n) is 13.4.